The molecule has 2 nitrogen and oxygen atoms in total. The lowest BCUT2D eigenvalue weighted by Gasteiger charge is -2.22. The quantitative estimate of drug-likeness (QED) is 0.727. The smallest absolute Gasteiger partial charge is 0.219 e. The van der Waals surface area contributed by atoms with E-state index in [0.717, 1.165) is 12.8 Å². The van der Waals surface area contributed by atoms with Crippen molar-refractivity contribution in [2.45, 2.75) is 57.6 Å². The largest absolute Gasteiger partial charge is 0.510 e. The van der Waals surface area contributed by atoms with Gasteiger partial charge in [-0.2, -0.15) is 0 Å². The molecule has 1 rings (SSSR count). The fourth-order valence-corrected chi connectivity index (χ4v) is 3.04. The molecule has 15 heavy (non-hydrogen) atoms. The molecule has 0 fully saturated rings. The first-order valence-corrected chi connectivity index (χ1v) is 6.46. The second kappa shape index (κ2) is 5.06. The van der Waals surface area contributed by atoms with Gasteiger partial charge in [-0.15, -0.1) is 0 Å². The molecule has 0 spiro atoms. The van der Waals surface area contributed by atoms with E-state index in [9.17, 15) is 9.90 Å². The van der Waals surface area contributed by atoms with Crippen molar-refractivity contribution in [3.63, 3.8) is 0 Å². The zero-order chi connectivity index (χ0) is 11.5. The van der Waals surface area contributed by atoms with Gasteiger partial charge in [-0.1, -0.05) is 44.4 Å². The van der Waals surface area contributed by atoms with E-state index in [1.165, 1.54) is 31.0 Å². The molecule has 1 aliphatic rings. The predicted molar refractivity (Wildman–Crippen MR) is 65.1 cm³/mol. The van der Waals surface area contributed by atoms with Crippen LogP contribution in [0.1, 0.15) is 52.9 Å². The highest BCUT2D eigenvalue weighted by atomic mass is 32.2. The second-order valence-corrected chi connectivity index (χ2v) is 5.88. The van der Waals surface area contributed by atoms with Crippen molar-refractivity contribution in [3.8, 4) is 0 Å². The molecule has 0 aromatic heterocycles. The monoisotopic (exact) mass is 228 g/mol. The molecule has 1 N–H and O–H groups in total. The standard InChI is InChI=1S/C12H20O2S/c1-4-5-6-7-8-12(3)10(13)9(2)11(14)15-12/h13H,4-8H2,1-3H3. The van der Waals surface area contributed by atoms with Crippen molar-refractivity contribution in [2.75, 3.05) is 0 Å². The molecule has 0 bridgehead atoms. The summed E-state index contributed by atoms with van der Waals surface area (Å²) in [5, 5.41) is 9.91. The molecule has 0 amide bonds. The molecule has 1 unspecified atom stereocenters. The van der Waals surface area contributed by atoms with Crippen molar-refractivity contribution < 1.29 is 9.90 Å². The molecule has 0 saturated heterocycles. The Morgan fingerprint density at radius 3 is 2.47 bits per heavy atom. The van der Waals surface area contributed by atoms with Crippen LogP contribution in [0, 0.1) is 0 Å². The summed E-state index contributed by atoms with van der Waals surface area (Å²) in [6, 6.07) is 0. The van der Waals surface area contributed by atoms with Crippen molar-refractivity contribution in [1.82, 2.24) is 0 Å². The Morgan fingerprint density at radius 1 is 1.33 bits per heavy atom. The molecule has 0 aromatic carbocycles. The Morgan fingerprint density at radius 2 is 2.00 bits per heavy atom. The number of carbonyl (C=O) groups is 1. The van der Waals surface area contributed by atoms with Gasteiger partial charge in [0.25, 0.3) is 0 Å². The Hall–Kier alpha value is -0.440. The Balaban J connectivity index is 2.51. The van der Waals surface area contributed by atoms with Crippen LogP contribution in [-0.4, -0.2) is 15.0 Å². The zero-order valence-electron chi connectivity index (χ0n) is 9.80. The summed E-state index contributed by atoms with van der Waals surface area (Å²) in [4.78, 5) is 11.4. The summed E-state index contributed by atoms with van der Waals surface area (Å²) in [5.74, 6) is 0.300. The predicted octanol–water partition coefficient (Wildman–Crippen LogP) is 3.82. The summed E-state index contributed by atoms with van der Waals surface area (Å²) in [6.45, 7) is 5.85. The van der Waals surface area contributed by atoms with Crippen molar-refractivity contribution in [1.29, 1.82) is 0 Å². The fourth-order valence-electron chi connectivity index (χ4n) is 1.88. The molecular formula is C12H20O2S. The van der Waals surface area contributed by atoms with Gasteiger partial charge in [-0.25, -0.2) is 0 Å². The summed E-state index contributed by atoms with van der Waals surface area (Å²) < 4.78 is -0.352. The minimum Gasteiger partial charge on any atom is -0.510 e. The van der Waals surface area contributed by atoms with Crippen LogP contribution in [0.3, 0.4) is 0 Å². The number of aliphatic hydroxyl groups is 1. The van der Waals surface area contributed by atoms with Crippen LogP contribution in [0.5, 0.6) is 0 Å². The van der Waals surface area contributed by atoms with Crippen LogP contribution >= 0.6 is 11.8 Å². The highest BCUT2D eigenvalue weighted by molar-refractivity contribution is 8.15. The third-order valence-corrected chi connectivity index (χ3v) is 4.33. The number of aliphatic hydroxyl groups excluding tert-OH is 1. The number of rotatable bonds is 5. The van der Waals surface area contributed by atoms with Crippen LogP contribution in [-0.2, 0) is 4.79 Å². The van der Waals surface area contributed by atoms with Gasteiger partial charge in [0, 0.05) is 5.57 Å². The van der Waals surface area contributed by atoms with Gasteiger partial charge in [0.15, 0.2) is 0 Å². The third-order valence-electron chi connectivity index (χ3n) is 2.99. The highest BCUT2D eigenvalue weighted by Gasteiger charge is 2.40. The van der Waals surface area contributed by atoms with E-state index in [4.69, 9.17) is 0 Å². The second-order valence-electron chi connectivity index (χ2n) is 4.40. The van der Waals surface area contributed by atoms with Gasteiger partial charge in [0.2, 0.25) is 5.12 Å². The Labute approximate surface area is 96.1 Å². The maximum atomic E-state index is 11.4. The number of carbonyl (C=O) groups excluding carboxylic acids is 1. The normalized spacial score (nSPS) is 26.5. The van der Waals surface area contributed by atoms with Crippen molar-refractivity contribution in [2.24, 2.45) is 0 Å². The Kier molecular flexibility index (Phi) is 4.26. The van der Waals surface area contributed by atoms with Crippen molar-refractivity contribution >= 4 is 16.9 Å². The minimum atomic E-state index is -0.352. The van der Waals surface area contributed by atoms with E-state index in [2.05, 4.69) is 6.92 Å². The SMILES string of the molecule is CCCCCCC1(C)SC(=O)C(C)=C1O. The highest BCUT2D eigenvalue weighted by Crippen LogP contribution is 2.45. The molecule has 0 aromatic rings. The summed E-state index contributed by atoms with van der Waals surface area (Å²) in [5.41, 5.74) is 0.540. The third kappa shape index (κ3) is 2.77. The van der Waals surface area contributed by atoms with Gasteiger partial charge < -0.3 is 5.11 Å². The topological polar surface area (TPSA) is 37.3 Å². The number of unbranched alkanes of at least 4 members (excludes halogenated alkanes) is 3. The lowest BCUT2D eigenvalue weighted by Crippen LogP contribution is -2.20. The minimum absolute atomic E-state index is 0.0329. The zero-order valence-corrected chi connectivity index (χ0v) is 10.6. The summed E-state index contributed by atoms with van der Waals surface area (Å²) >= 11 is 1.28. The first-order chi connectivity index (χ1) is 7.01. The lowest BCUT2D eigenvalue weighted by atomic mass is 9.98. The van der Waals surface area contributed by atoms with Crippen LogP contribution in [0.25, 0.3) is 0 Å². The molecular weight excluding hydrogens is 208 g/mol. The maximum absolute atomic E-state index is 11.4. The van der Waals surface area contributed by atoms with Crippen molar-refractivity contribution in [3.05, 3.63) is 11.3 Å². The fraction of sp³-hybridized carbons (Fsp3) is 0.750. The van der Waals surface area contributed by atoms with Crippen LogP contribution in [0.2, 0.25) is 0 Å². The van der Waals surface area contributed by atoms with Crippen LogP contribution in [0.4, 0.5) is 0 Å². The average Bonchev–Trinajstić information content (AvgIpc) is 2.39. The molecule has 3 heteroatoms. The molecule has 1 heterocycles. The van der Waals surface area contributed by atoms with E-state index in [-0.39, 0.29) is 9.86 Å². The van der Waals surface area contributed by atoms with Gasteiger partial charge in [-0.05, 0) is 20.3 Å². The average molecular weight is 228 g/mol. The summed E-state index contributed by atoms with van der Waals surface area (Å²) in [6.07, 6.45) is 5.61. The lowest BCUT2D eigenvalue weighted by molar-refractivity contribution is -0.107. The molecule has 0 saturated carbocycles. The van der Waals surface area contributed by atoms with Crippen LogP contribution < -0.4 is 0 Å². The maximum Gasteiger partial charge on any atom is 0.219 e. The van der Waals surface area contributed by atoms with Gasteiger partial charge >= 0.3 is 0 Å². The van der Waals surface area contributed by atoms with E-state index in [1.807, 2.05) is 6.92 Å². The van der Waals surface area contributed by atoms with E-state index in [0.29, 0.717) is 11.3 Å². The number of hydrogen-bond acceptors (Lipinski definition) is 3. The molecule has 0 aliphatic carbocycles. The van der Waals surface area contributed by atoms with Gasteiger partial charge in [0.1, 0.15) is 5.76 Å². The first kappa shape index (κ1) is 12.6. The Bertz CT molecular complexity index is 283. The van der Waals surface area contributed by atoms with E-state index in [1.54, 1.807) is 6.92 Å². The van der Waals surface area contributed by atoms with Crippen LogP contribution in [0.15, 0.2) is 11.3 Å². The van der Waals surface area contributed by atoms with E-state index >= 15 is 0 Å². The van der Waals surface area contributed by atoms with E-state index < -0.39 is 0 Å². The van der Waals surface area contributed by atoms with Gasteiger partial charge in [0.05, 0.1) is 4.75 Å². The summed E-state index contributed by atoms with van der Waals surface area (Å²) in [7, 11) is 0. The molecule has 0 radical (unpaired) electrons. The van der Waals surface area contributed by atoms with Gasteiger partial charge in [-0.3, -0.25) is 4.79 Å². The first-order valence-electron chi connectivity index (χ1n) is 5.65. The molecule has 1 aliphatic heterocycles. The number of hydrogen-bond donors (Lipinski definition) is 1. The molecule has 86 valence electrons. The molecule has 1 atom stereocenters. The number of thioether (sulfide) groups is 1.